The Morgan fingerprint density at radius 1 is 1.22 bits per heavy atom. The minimum atomic E-state index is -0.746. The molecule has 1 aromatic carbocycles. The number of nitrogens with zero attached hydrogens (tertiary/aromatic N) is 3. The number of allylic oxidation sites excluding steroid dienone is 1. The molecule has 0 fully saturated rings. The number of rotatable bonds is 7. The van der Waals surface area contributed by atoms with Crippen molar-refractivity contribution in [3.8, 4) is 5.75 Å². The van der Waals surface area contributed by atoms with Crippen LogP contribution in [0.4, 0.5) is 0 Å². The molecule has 5 rings (SSSR count). The van der Waals surface area contributed by atoms with Crippen molar-refractivity contribution in [1.82, 2.24) is 14.5 Å². The number of aromatic nitrogens is 3. The normalized spacial score (nSPS) is 15.2. The number of aryl methyl sites for hydroxylation is 1. The third-order valence-electron chi connectivity index (χ3n) is 6.00. The monoisotopic (exact) mass is 656 g/mol. The van der Waals surface area contributed by atoms with E-state index in [1.54, 1.807) is 59.1 Å². The molecule has 0 aliphatic carbocycles. The second-order valence-electron chi connectivity index (χ2n) is 9.39. The summed E-state index contributed by atoms with van der Waals surface area (Å²) in [6.07, 6.45) is 1.28. The van der Waals surface area contributed by atoms with Crippen molar-refractivity contribution in [2.45, 2.75) is 50.1 Å². The molecule has 1 aliphatic rings. The molecule has 3 aromatic heterocycles. The Morgan fingerprint density at radius 3 is 2.61 bits per heavy atom. The number of fused-ring (bicyclic) bond motifs is 1. The molecule has 1 aliphatic heterocycles. The summed E-state index contributed by atoms with van der Waals surface area (Å²) >= 11 is 5.82. The fourth-order valence-electron chi connectivity index (χ4n) is 4.29. The first-order valence-electron chi connectivity index (χ1n) is 12.5. The van der Waals surface area contributed by atoms with Crippen LogP contribution in [0.5, 0.6) is 5.75 Å². The van der Waals surface area contributed by atoms with E-state index in [1.165, 1.54) is 22.0 Å². The fraction of sp³-hybridized carbons (Fsp3) is 0.250. The standard InChI is InChI=1S/C28H25BrN4O6S2/c1-13(2)38-25(36)22-15(4)31-28-33(23(22)16-6-8-17(37-5)9-7-16)24(35)20(40-28)12-18-11-19(29)26(39-18)41-27-30-14(3)10-21(34)32-27/h6-13,23H,1-5H3,(H,30,32,34)/b20-12+/t23-/m1/s1. The summed E-state index contributed by atoms with van der Waals surface area (Å²) in [7, 11) is 1.57. The van der Waals surface area contributed by atoms with Crippen molar-refractivity contribution in [3.63, 3.8) is 0 Å². The zero-order chi connectivity index (χ0) is 29.4. The number of carbonyl (C=O) groups excluding carboxylic acids is 1. The first-order chi connectivity index (χ1) is 19.5. The molecule has 1 N–H and O–H groups in total. The van der Waals surface area contributed by atoms with Crippen molar-refractivity contribution in [2.24, 2.45) is 4.99 Å². The van der Waals surface area contributed by atoms with Gasteiger partial charge in [0.25, 0.3) is 11.1 Å². The van der Waals surface area contributed by atoms with Gasteiger partial charge < -0.3 is 18.9 Å². The van der Waals surface area contributed by atoms with Gasteiger partial charge in [0.05, 0.1) is 39.5 Å². The third kappa shape index (κ3) is 6.02. The van der Waals surface area contributed by atoms with Gasteiger partial charge in [-0.05, 0) is 79.1 Å². The summed E-state index contributed by atoms with van der Waals surface area (Å²) in [5.41, 5.74) is 1.47. The van der Waals surface area contributed by atoms with E-state index < -0.39 is 12.0 Å². The van der Waals surface area contributed by atoms with Crippen LogP contribution in [0.15, 0.2) is 81.4 Å². The number of aromatic amines is 1. The lowest BCUT2D eigenvalue weighted by Gasteiger charge is -2.25. The molecule has 41 heavy (non-hydrogen) atoms. The Hall–Kier alpha value is -3.68. The van der Waals surface area contributed by atoms with E-state index in [2.05, 4.69) is 30.9 Å². The van der Waals surface area contributed by atoms with E-state index in [0.29, 0.717) is 58.1 Å². The summed E-state index contributed by atoms with van der Waals surface area (Å²) in [6, 6.07) is 9.58. The highest BCUT2D eigenvalue weighted by Gasteiger charge is 2.34. The highest BCUT2D eigenvalue weighted by atomic mass is 79.9. The summed E-state index contributed by atoms with van der Waals surface area (Å²) in [5.74, 6) is 0.529. The largest absolute Gasteiger partial charge is 0.497 e. The molecule has 0 saturated carbocycles. The third-order valence-corrected chi connectivity index (χ3v) is 8.71. The Morgan fingerprint density at radius 2 is 1.95 bits per heavy atom. The summed E-state index contributed by atoms with van der Waals surface area (Å²) in [5, 5.41) is 0.843. The molecule has 0 radical (unpaired) electrons. The van der Waals surface area contributed by atoms with E-state index in [0.717, 1.165) is 11.8 Å². The number of ether oxygens (including phenoxy) is 2. The first-order valence-corrected chi connectivity index (χ1v) is 14.9. The van der Waals surface area contributed by atoms with E-state index in [4.69, 9.17) is 13.9 Å². The van der Waals surface area contributed by atoms with Crippen LogP contribution in [-0.4, -0.2) is 33.7 Å². The van der Waals surface area contributed by atoms with E-state index in [-0.39, 0.29) is 17.2 Å². The number of esters is 1. The molecule has 0 amide bonds. The maximum Gasteiger partial charge on any atom is 0.338 e. The predicted octanol–water partition coefficient (Wildman–Crippen LogP) is 4.09. The second-order valence-corrected chi connectivity index (χ2v) is 12.2. The van der Waals surface area contributed by atoms with Crippen molar-refractivity contribution in [1.29, 1.82) is 0 Å². The molecule has 212 valence electrons. The summed E-state index contributed by atoms with van der Waals surface area (Å²) < 4.78 is 19.3. The van der Waals surface area contributed by atoms with E-state index in [1.807, 2.05) is 12.1 Å². The maximum absolute atomic E-state index is 13.9. The molecule has 4 heterocycles. The number of carbonyl (C=O) groups is 1. The molecule has 0 spiro atoms. The van der Waals surface area contributed by atoms with Gasteiger partial charge in [0.15, 0.2) is 15.1 Å². The van der Waals surface area contributed by atoms with Crippen LogP contribution in [0.3, 0.4) is 0 Å². The molecular weight excluding hydrogens is 632 g/mol. The lowest BCUT2D eigenvalue weighted by molar-refractivity contribution is -0.143. The smallest absolute Gasteiger partial charge is 0.338 e. The minimum absolute atomic E-state index is 0.262. The fourth-order valence-corrected chi connectivity index (χ4v) is 6.68. The zero-order valence-corrected chi connectivity index (χ0v) is 25.9. The molecule has 0 bridgehead atoms. The van der Waals surface area contributed by atoms with E-state index in [9.17, 15) is 14.4 Å². The minimum Gasteiger partial charge on any atom is -0.497 e. The van der Waals surface area contributed by atoms with Crippen LogP contribution in [0, 0.1) is 6.92 Å². The Bertz CT molecular complexity index is 1920. The van der Waals surface area contributed by atoms with Gasteiger partial charge >= 0.3 is 5.97 Å². The van der Waals surface area contributed by atoms with Gasteiger partial charge in [0.1, 0.15) is 11.5 Å². The first kappa shape index (κ1) is 28.8. The quantitative estimate of drug-likeness (QED) is 0.233. The Balaban J connectivity index is 1.60. The molecular formula is C28H25BrN4O6S2. The van der Waals surface area contributed by atoms with Crippen LogP contribution in [0.2, 0.25) is 0 Å². The molecule has 13 heteroatoms. The molecule has 4 aromatic rings. The average Bonchev–Trinajstić information content (AvgIpc) is 3.39. The molecule has 0 unspecified atom stereocenters. The predicted molar refractivity (Wildman–Crippen MR) is 158 cm³/mol. The molecule has 10 nitrogen and oxygen atoms in total. The SMILES string of the molecule is COc1ccc([C@@H]2C(C(=O)OC(C)C)=C(C)N=c3s/c(=C/c4cc(Br)c(Sc5nc(C)cc(=O)[nH]5)o4)c(=O)n32)cc1. The van der Waals surface area contributed by atoms with Crippen molar-refractivity contribution < 1.29 is 18.7 Å². The van der Waals surface area contributed by atoms with Crippen LogP contribution in [0.25, 0.3) is 6.08 Å². The number of hydrogen-bond donors (Lipinski definition) is 1. The zero-order valence-electron chi connectivity index (χ0n) is 22.7. The highest BCUT2D eigenvalue weighted by molar-refractivity contribution is 9.10. The van der Waals surface area contributed by atoms with Gasteiger partial charge in [-0.25, -0.2) is 14.8 Å². The molecule has 1 atom stereocenters. The van der Waals surface area contributed by atoms with Gasteiger partial charge in [-0.3, -0.25) is 14.2 Å². The number of thiazole rings is 1. The van der Waals surface area contributed by atoms with Gasteiger partial charge in [-0.2, -0.15) is 0 Å². The number of furan rings is 1. The van der Waals surface area contributed by atoms with Crippen molar-refractivity contribution in [2.75, 3.05) is 7.11 Å². The number of hydrogen-bond acceptors (Lipinski definition) is 10. The average molecular weight is 658 g/mol. The van der Waals surface area contributed by atoms with Gasteiger partial charge in [-0.1, -0.05) is 23.5 Å². The lowest BCUT2D eigenvalue weighted by Crippen LogP contribution is -2.40. The van der Waals surface area contributed by atoms with Crippen LogP contribution < -0.4 is 25.2 Å². The molecule has 0 saturated heterocycles. The van der Waals surface area contributed by atoms with Gasteiger partial charge in [0, 0.05) is 17.8 Å². The van der Waals surface area contributed by atoms with Gasteiger partial charge in [-0.15, -0.1) is 0 Å². The van der Waals surface area contributed by atoms with Gasteiger partial charge in [0.2, 0.25) is 0 Å². The van der Waals surface area contributed by atoms with Crippen LogP contribution >= 0.6 is 39.0 Å². The Kier molecular flexibility index (Phi) is 8.20. The van der Waals surface area contributed by atoms with Crippen molar-refractivity contribution >= 4 is 51.1 Å². The van der Waals surface area contributed by atoms with Crippen LogP contribution in [0.1, 0.15) is 43.8 Å². The Labute approximate surface area is 250 Å². The topological polar surface area (TPSA) is 129 Å². The summed E-state index contributed by atoms with van der Waals surface area (Å²) in [4.78, 5) is 51.0. The maximum atomic E-state index is 13.9. The second kappa shape index (κ2) is 11.7. The van der Waals surface area contributed by atoms with E-state index >= 15 is 0 Å². The van der Waals surface area contributed by atoms with Crippen molar-refractivity contribution in [3.05, 3.63) is 99.2 Å². The highest BCUT2D eigenvalue weighted by Crippen LogP contribution is 2.35. The number of halogens is 1. The number of methoxy groups -OCH3 is 1. The number of benzene rings is 1. The number of H-pyrrole nitrogens is 1. The van der Waals surface area contributed by atoms with Crippen LogP contribution in [-0.2, 0) is 9.53 Å². The lowest BCUT2D eigenvalue weighted by atomic mass is 9.96. The summed E-state index contributed by atoms with van der Waals surface area (Å²) in [6.45, 7) is 7.01. The number of nitrogens with one attached hydrogen (secondary N) is 1.